The lowest BCUT2D eigenvalue weighted by Crippen LogP contribution is -2.35. The van der Waals surface area contributed by atoms with Crippen LogP contribution in [0.25, 0.3) is 0 Å². The minimum Gasteiger partial charge on any atom is -0.343 e. The second-order valence-corrected chi connectivity index (χ2v) is 6.15. The van der Waals surface area contributed by atoms with E-state index in [1.54, 1.807) is 0 Å². The van der Waals surface area contributed by atoms with Gasteiger partial charge in [-0.2, -0.15) is 0 Å². The average Bonchev–Trinajstić information content (AvgIpc) is 2.56. The number of carbonyl (C=O) groups excluding carboxylic acids is 1. The molecular formula is C12H20N2OS2. The lowest BCUT2D eigenvalue weighted by Gasteiger charge is -2.24. The van der Waals surface area contributed by atoms with Crippen LogP contribution in [0.2, 0.25) is 0 Å². The number of nitrogens with zero attached hydrogens (tertiary/aromatic N) is 1. The van der Waals surface area contributed by atoms with Gasteiger partial charge in [-0.3, -0.25) is 4.79 Å². The molecule has 1 aromatic heterocycles. The van der Waals surface area contributed by atoms with Crippen LogP contribution in [0.4, 0.5) is 0 Å². The van der Waals surface area contributed by atoms with E-state index in [1.165, 1.54) is 11.3 Å². The summed E-state index contributed by atoms with van der Waals surface area (Å²) in [6.07, 6.45) is 2.60. The Labute approximate surface area is 112 Å². The van der Waals surface area contributed by atoms with Gasteiger partial charge < -0.3 is 9.88 Å². The number of likely N-dealkylation sites (N-methyl/N-ethyl adjacent to an activating group) is 1. The van der Waals surface area contributed by atoms with Gasteiger partial charge in [-0.1, -0.05) is 13.3 Å². The molecule has 1 rings (SSSR count). The zero-order valence-corrected chi connectivity index (χ0v) is 12.5. The van der Waals surface area contributed by atoms with Crippen LogP contribution in [0.1, 0.15) is 37.3 Å². The highest BCUT2D eigenvalue weighted by molar-refractivity contribution is 7.73. The molecule has 1 atom stereocenters. The summed E-state index contributed by atoms with van der Waals surface area (Å²) < 4.78 is 0.745. The highest BCUT2D eigenvalue weighted by atomic mass is 32.1. The van der Waals surface area contributed by atoms with E-state index in [4.69, 9.17) is 12.2 Å². The number of carbonyl (C=O) groups is 1. The van der Waals surface area contributed by atoms with Crippen molar-refractivity contribution < 1.29 is 4.79 Å². The van der Waals surface area contributed by atoms with Gasteiger partial charge in [-0.25, -0.2) is 0 Å². The van der Waals surface area contributed by atoms with E-state index in [-0.39, 0.29) is 5.91 Å². The highest BCUT2D eigenvalue weighted by Crippen LogP contribution is 2.16. The smallest absolute Gasteiger partial charge is 0.227 e. The quantitative estimate of drug-likeness (QED) is 0.835. The van der Waals surface area contributed by atoms with Crippen LogP contribution in [0.15, 0.2) is 0 Å². The third-order valence-electron chi connectivity index (χ3n) is 3.00. The molecule has 0 aliphatic heterocycles. The lowest BCUT2D eigenvalue weighted by atomic mass is 10.1. The third-order valence-corrected chi connectivity index (χ3v) is 4.33. The maximum absolute atomic E-state index is 12.1. The summed E-state index contributed by atoms with van der Waals surface area (Å²) in [6, 6.07) is 0.305. The number of nitrogens with one attached hydrogen (secondary N) is 1. The number of aryl methyl sites for hydroxylation is 1. The molecule has 17 heavy (non-hydrogen) atoms. The van der Waals surface area contributed by atoms with Crippen molar-refractivity contribution in [3.05, 3.63) is 14.5 Å². The molecular weight excluding hydrogens is 252 g/mol. The van der Waals surface area contributed by atoms with Crippen molar-refractivity contribution in [1.82, 2.24) is 9.88 Å². The van der Waals surface area contributed by atoms with Gasteiger partial charge in [0.15, 0.2) is 3.95 Å². The van der Waals surface area contributed by atoms with Crippen LogP contribution in [0.5, 0.6) is 0 Å². The van der Waals surface area contributed by atoms with Gasteiger partial charge >= 0.3 is 0 Å². The van der Waals surface area contributed by atoms with Crippen molar-refractivity contribution in [2.75, 3.05) is 7.05 Å². The molecule has 0 aliphatic rings. The number of hydrogen-bond acceptors (Lipinski definition) is 3. The van der Waals surface area contributed by atoms with Crippen LogP contribution in [0, 0.1) is 10.9 Å². The molecule has 5 heteroatoms. The standard InChI is InChI=1S/C12H20N2OS2/c1-5-6-8(2)14(4)11(15)7-10-9(3)13-12(16)17-10/h8H,5-7H2,1-4H3,(H,13,16). The van der Waals surface area contributed by atoms with Crippen molar-refractivity contribution in [3.63, 3.8) is 0 Å². The number of aromatic amines is 1. The first-order valence-corrected chi connectivity index (χ1v) is 7.12. The summed E-state index contributed by atoms with van der Waals surface area (Å²) in [6.45, 7) is 6.19. The molecule has 0 saturated heterocycles. The van der Waals surface area contributed by atoms with E-state index < -0.39 is 0 Å². The van der Waals surface area contributed by atoms with Gasteiger partial charge in [0.05, 0.1) is 6.42 Å². The largest absolute Gasteiger partial charge is 0.343 e. The fourth-order valence-corrected chi connectivity index (χ4v) is 3.01. The Bertz CT molecular complexity index is 436. The summed E-state index contributed by atoms with van der Waals surface area (Å²) in [5, 5.41) is 0. The summed E-state index contributed by atoms with van der Waals surface area (Å²) in [5.74, 6) is 0.166. The molecule has 1 aromatic rings. The second-order valence-electron chi connectivity index (χ2n) is 4.38. The van der Waals surface area contributed by atoms with Crippen molar-refractivity contribution in [3.8, 4) is 0 Å². The SMILES string of the molecule is CCCC(C)N(C)C(=O)Cc1sc(=S)[nH]c1C. The number of aromatic nitrogens is 1. The molecule has 1 amide bonds. The highest BCUT2D eigenvalue weighted by Gasteiger charge is 2.17. The number of H-pyrrole nitrogens is 1. The van der Waals surface area contributed by atoms with Gasteiger partial charge in [0.1, 0.15) is 0 Å². The van der Waals surface area contributed by atoms with Crippen LogP contribution >= 0.6 is 23.6 Å². The Morgan fingerprint density at radius 2 is 2.24 bits per heavy atom. The Morgan fingerprint density at radius 1 is 1.59 bits per heavy atom. The second kappa shape index (κ2) is 6.31. The first-order chi connectivity index (χ1) is 7.95. The van der Waals surface area contributed by atoms with E-state index >= 15 is 0 Å². The van der Waals surface area contributed by atoms with Gasteiger partial charge in [-0.15, -0.1) is 11.3 Å². The molecule has 0 saturated carbocycles. The van der Waals surface area contributed by atoms with Crippen molar-refractivity contribution >= 4 is 29.5 Å². The predicted molar refractivity (Wildman–Crippen MR) is 75.1 cm³/mol. The van der Waals surface area contributed by atoms with Gasteiger partial charge in [0.2, 0.25) is 5.91 Å². The molecule has 0 bridgehead atoms. The van der Waals surface area contributed by atoms with Crippen LogP contribution in [-0.4, -0.2) is 28.9 Å². The van der Waals surface area contributed by atoms with E-state index in [9.17, 15) is 4.79 Å². The molecule has 0 aromatic carbocycles. The number of hydrogen-bond donors (Lipinski definition) is 1. The van der Waals surface area contributed by atoms with E-state index in [1.807, 2.05) is 18.9 Å². The zero-order valence-electron chi connectivity index (χ0n) is 10.9. The van der Waals surface area contributed by atoms with Crippen LogP contribution < -0.4 is 0 Å². The summed E-state index contributed by atoms with van der Waals surface area (Å²) in [4.78, 5) is 18.0. The Kier molecular flexibility index (Phi) is 5.33. The predicted octanol–water partition coefficient (Wildman–Crippen LogP) is 3.30. The van der Waals surface area contributed by atoms with Crippen LogP contribution in [0.3, 0.4) is 0 Å². The summed E-state index contributed by atoms with van der Waals surface area (Å²) in [5.41, 5.74) is 1.02. The van der Waals surface area contributed by atoms with E-state index in [0.29, 0.717) is 12.5 Å². The number of thiazole rings is 1. The molecule has 96 valence electrons. The van der Waals surface area contributed by atoms with Gasteiger partial charge in [0, 0.05) is 23.7 Å². The normalized spacial score (nSPS) is 12.5. The maximum atomic E-state index is 12.1. The molecule has 3 nitrogen and oxygen atoms in total. The van der Waals surface area contributed by atoms with E-state index in [2.05, 4.69) is 18.8 Å². The molecule has 1 unspecified atom stereocenters. The topological polar surface area (TPSA) is 36.1 Å². The number of rotatable bonds is 5. The van der Waals surface area contributed by atoms with Crippen molar-refractivity contribution in [2.45, 2.75) is 46.1 Å². The Hall–Kier alpha value is -0.680. The minimum absolute atomic E-state index is 0.166. The van der Waals surface area contributed by atoms with Gasteiger partial charge in [0.25, 0.3) is 0 Å². The molecule has 0 radical (unpaired) electrons. The zero-order chi connectivity index (χ0) is 13.0. The summed E-state index contributed by atoms with van der Waals surface area (Å²) in [7, 11) is 1.88. The summed E-state index contributed by atoms with van der Waals surface area (Å²) >= 11 is 6.57. The van der Waals surface area contributed by atoms with Crippen LogP contribution in [-0.2, 0) is 11.2 Å². The van der Waals surface area contributed by atoms with Crippen molar-refractivity contribution in [2.24, 2.45) is 0 Å². The number of amides is 1. The minimum atomic E-state index is 0.166. The average molecular weight is 272 g/mol. The monoisotopic (exact) mass is 272 g/mol. The fraction of sp³-hybridized carbons (Fsp3) is 0.667. The van der Waals surface area contributed by atoms with Crippen molar-refractivity contribution in [1.29, 1.82) is 0 Å². The first kappa shape index (κ1) is 14.4. The lowest BCUT2D eigenvalue weighted by molar-refractivity contribution is -0.131. The molecule has 1 N–H and O–H groups in total. The molecule has 0 spiro atoms. The van der Waals surface area contributed by atoms with E-state index in [0.717, 1.165) is 27.4 Å². The Balaban J connectivity index is 2.66. The van der Waals surface area contributed by atoms with Gasteiger partial charge in [-0.05, 0) is 32.5 Å². The fourth-order valence-electron chi connectivity index (χ4n) is 1.72. The molecule has 0 aliphatic carbocycles. The Morgan fingerprint density at radius 3 is 2.71 bits per heavy atom. The third kappa shape index (κ3) is 3.92. The molecule has 1 heterocycles. The first-order valence-electron chi connectivity index (χ1n) is 5.90. The maximum Gasteiger partial charge on any atom is 0.227 e. The molecule has 0 fully saturated rings.